The summed E-state index contributed by atoms with van der Waals surface area (Å²) in [6.07, 6.45) is 11.6. The van der Waals surface area contributed by atoms with E-state index in [2.05, 4.69) is 103 Å². The van der Waals surface area contributed by atoms with Crippen molar-refractivity contribution >= 4 is 46.9 Å². The summed E-state index contributed by atoms with van der Waals surface area (Å²) in [5.41, 5.74) is 6.58. The minimum absolute atomic E-state index is 0.0243. The summed E-state index contributed by atoms with van der Waals surface area (Å²) in [5, 5.41) is 9.17. The number of benzene rings is 4. The molecule has 0 aliphatic carbocycles. The van der Waals surface area contributed by atoms with E-state index in [0.29, 0.717) is 18.7 Å². The number of carbonyl (C=O) groups is 2. The molecule has 8 nitrogen and oxygen atoms in total. The lowest BCUT2D eigenvalue weighted by Crippen LogP contribution is -2.46. The predicted octanol–water partition coefficient (Wildman–Crippen LogP) is 8.60. The van der Waals surface area contributed by atoms with Gasteiger partial charge < -0.3 is 20.9 Å². The van der Waals surface area contributed by atoms with Gasteiger partial charge in [0, 0.05) is 95.5 Å². The van der Waals surface area contributed by atoms with Gasteiger partial charge in [0.1, 0.15) is 0 Å². The van der Waals surface area contributed by atoms with E-state index in [1.54, 1.807) is 0 Å². The van der Waals surface area contributed by atoms with Gasteiger partial charge >= 0.3 is 0 Å². The molecule has 0 aromatic heterocycles. The fraction of sp³-hybridized carbons (Fsp3) is 0.375. The Kier molecular flexibility index (Phi) is 21.5. The van der Waals surface area contributed by atoms with E-state index in [9.17, 15) is 9.59 Å². The van der Waals surface area contributed by atoms with Crippen LogP contribution in [-0.4, -0.2) is 104 Å². The second-order valence-corrected chi connectivity index (χ2v) is 14.9. The quantitative estimate of drug-likeness (QED) is 0.105. The van der Waals surface area contributed by atoms with Crippen LogP contribution in [0.1, 0.15) is 47.9 Å². The number of nitrogens with zero attached hydrogens (tertiary/aromatic N) is 3. The third-order valence-electron chi connectivity index (χ3n) is 9.64. The zero-order valence-electron chi connectivity index (χ0n) is 34.1. The highest BCUT2D eigenvalue weighted by Gasteiger charge is 2.16. The highest BCUT2D eigenvalue weighted by molar-refractivity contribution is 6.18. The molecule has 2 saturated heterocycles. The number of alkyl halides is 1. The van der Waals surface area contributed by atoms with Crippen LogP contribution in [0.15, 0.2) is 121 Å². The Hall–Kier alpha value is -4.57. The van der Waals surface area contributed by atoms with Crippen LogP contribution in [-0.2, 0) is 9.59 Å². The van der Waals surface area contributed by atoms with Crippen LogP contribution >= 0.6 is 11.6 Å². The van der Waals surface area contributed by atoms with Gasteiger partial charge in [-0.25, -0.2) is 0 Å². The number of piperazine rings is 2. The van der Waals surface area contributed by atoms with Crippen LogP contribution in [0.2, 0.25) is 0 Å². The first-order valence-corrected chi connectivity index (χ1v) is 21.0. The molecule has 2 aliphatic heterocycles. The Balaban J connectivity index is 0.000000209. The van der Waals surface area contributed by atoms with E-state index in [1.807, 2.05) is 74.5 Å². The van der Waals surface area contributed by atoms with Crippen LogP contribution < -0.4 is 16.0 Å². The number of rotatable bonds is 15. The second kappa shape index (κ2) is 27.1. The van der Waals surface area contributed by atoms with E-state index in [-0.39, 0.29) is 11.8 Å². The Morgan fingerprint density at radius 3 is 1.53 bits per heavy atom. The van der Waals surface area contributed by atoms with E-state index < -0.39 is 0 Å². The monoisotopic (exact) mass is 790 g/mol. The molecule has 6 rings (SSSR count). The summed E-state index contributed by atoms with van der Waals surface area (Å²) in [6.45, 7) is 16.0. The fourth-order valence-electron chi connectivity index (χ4n) is 6.48. The van der Waals surface area contributed by atoms with E-state index >= 15 is 0 Å². The molecule has 0 unspecified atom stereocenters. The molecule has 57 heavy (non-hydrogen) atoms. The molecule has 304 valence electrons. The first-order valence-electron chi connectivity index (χ1n) is 20.5. The summed E-state index contributed by atoms with van der Waals surface area (Å²) < 4.78 is 0. The smallest absolute Gasteiger partial charge is 0.224 e. The topological polar surface area (TPSA) is 79.9 Å². The molecular formula is C48H63ClN6O2. The molecule has 2 amide bonds. The molecule has 0 bridgehead atoms. The highest BCUT2D eigenvalue weighted by atomic mass is 35.5. The summed E-state index contributed by atoms with van der Waals surface area (Å²) in [5.74, 6) is 0.660. The van der Waals surface area contributed by atoms with Crippen LogP contribution in [0.25, 0.3) is 12.2 Å². The molecule has 4 aromatic carbocycles. The van der Waals surface area contributed by atoms with Crippen molar-refractivity contribution in [2.45, 2.75) is 39.5 Å². The van der Waals surface area contributed by atoms with Gasteiger partial charge in [0.25, 0.3) is 0 Å². The van der Waals surface area contributed by atoms with Crippen molar-refractivity contribution in [3.63, 3.8) is 0 Å². The molecule has 2 aliphatic rings. The van der Waals surface area contributed by atoms with Gasteiger partial charge in [-0.1, -0.05) is 109 Å². The lowest BCUT2D eigenvalue weighted by molar-refractivity contribution is -0.117. The van der Waals surface area contributed by atoms with Crippen molar-refractivity contribution in [2.75, 3.05) is 88.5 Å². The molecule has 0 atom stereocenters. The molecule has 0 radical (unpaired) electrons. The van der Waals surface area contributed by atoms with E-state index in [0.717, 1.165) is 94.2 Å². The van der Waals surface area contributed by atoms with Crippen LogP contribution in [0, 0.1) is 13.8 Å². The second-order valence-electron chi connectivity index (χ2n) is 14.6. The maximum absolute atomic E-state index is 12.1. The van der Waals surface area contributed by atoms with Gasteiger partial charge in [-0.3, -0.25) is 19.4 Å². The van der Waals surface area contributed by atoms with E-state index in [1.165, 1.54) is 24.2 Å². The average molecular weight is 792 g/mol. The van der Waals surface area contributed by atoms with Gasteiger partial charge in [0.2, 0.25) is 11.8 Å². The molecule has 2 fully saturated rings. The highest BCUT2D eigenvalue weighted by Crippen LogP contribution is 2.12. The largest absolute Gasteiger partial charge is 0.326 e. The van der Waals surface area contributed by atoms with Gasteiger partial charge in [-0.05, 0) is 79.8 Å². The van der Waals surface area contributed by atoms with Gasteiger partial charge in [-0.2, -0.15) is 0 Å². The summed E-state index contributed by atoms with van der Waals surface area (Å²) in [4.78, 5) is 30.8. The molecular weight excluding hydrogens is 728 g/mol. The molecule has 3 N–H and O–H groups in total. The summed E-state index contributed by atoms with van der Waals surface area (Å²) in [7, 11) is 0. The zero-order valence-corrected chi connectivity index (χ0v) is 34.8. The molecule has 2 heterocycles. The number of nitrogens with one attached hydrogen (secondary N) is 3. The van der Waals surface area contributed by atoms with Crippen molar-refractivity contribution in [3.05, 3.63) is 144 Å². The minimum Gasteiger partial charge on any atom is -0.326 e. The lowest BCUT2D eigenvalue weighted by Gasteiger charge is -2.34. The number of hydrogen-bond donors (Lipinski definition) is 3. The molecule has 4 aromatic rings. The first-order chi connectivity index (χ1) is 27.9. The maximum atomic E-state index is 12.1. The summed E-state index contributed by atoms with van der Waals surface area (Å²) >= 11 is 5.49. The number of hydrogen-bond acceptors (Lipinski definition) is 6. The Bertz CT molecular complexity index is 1770. The normalized spacial score (nSPS) is 15.0. The number of halogens is 1. The average Bonchev–Trinajstić information content (AvgIpc) is 3.22. The third kappa shape index (κ3) is 19.9. The number of amides is 2. The minimum atomic E-state index is 0.0243. The maximum Gasteiger partial charge on any atom is 0.224 e. The van der Waals surface area contributed by atoms with Crippen molar-refractivity contribution in [3.8, 4) is 0 Å². The van der Waals surface area contributed by atoms with Crippen molar-refractivity contribution < 1.29 is 9.59 Å². The van der Waals surface area contributed by atoms with Crippen LogP contribution in [0.3, 0.4) is 0 Å². The van der Waals surface area contributed by atoms with Gasteiger partial charge in [0.15, 0.2) is 0 Å². The lowest BCUT2D eigenvalue weighted by atomic mass is 10.2. The van der Waals surface area contributed by atoms with Crippen molar-refractivity contribution in [1.29, 1.82) is 0 Å². The Labute approximate surface area is 347 Å². The Morgan fingerprint density at radius 1 is 0.596 bits per heavy atom. The molecule has 0 saturated carbocycles. The van der Waals surface area contributed by atoms with Crippen LogP contribution in [0.4, 0.5) is 11.4 Å². The van der Waals surface area contributed by atoms with Gasteiger partial charge in [0.05, 0.1) is 0 Å². The van der Waals surface area contributed by atoms with Crippen molar-refractivity contribution in [1.82, 2.24) is 20.0 Å². The van der Waals surface area contributed by atoms with E-state index in [4.69, 9.17) is 11.6 Å². The molecule has 0 spiro atoms. The first kappa shape index (κ1) is 45.1. The van der Waals surface area contributed by atoms with Crippen molar-refractivity contribution in [2.24, 2.45) is 0 Å². The number of anilines is 2. The Morgan fingerprint density at radius 2 is 1.05 bits per heavy atom. The number of aryl methyl sites for hydroxylation is 2. The standard InChI is InChI=1S/C24H31N3O.C13H18N2.C11H14ClNO/c1-21-8-5-12-23(20-21)25-24(28)13-7-15-27-18-16-26(17-19-27)14-6-11-22-9-3-2-4-10-22;1-2-5-13(6-3-1)7-4-10-15-11-8-14-9-12-15;1-9-4-2-5-10(8-9)13-11(14)6-3-7-12/h2-6,8-12,20H,7,13-19H2,1H3,(H,25,28);1-7,14H,8-12H2;2,4-5,8H,3,6-7H2,1H3,(H,13,14)/b11-6+;7-4+;. The molecule has 9 heteroatoms. The SMILES string of the molecule is C(=C\c1ccccc1)/CN1CCNCC1.Cc1cccc(NC(=O)CCCCl)c1.Cc1cccc(NC(=O)CCCN2CCN(C/C=C/c3ccccc3)CC2)c1. The fourth-order valence-corrected chi connectivity index (χ4v) is 6.61. The summed E-state index contributed by atoms with van der Waals surface area (Å²) in [6, 6.07) is 36.6. The van der Waals surface area contributed by atoms with Crippen LogP contribution in [0.5, 0.6) is 0 Å². The number of carbonyl (C=O) groups excluding carboxylic acids is 2. The zero-order chi connectivity index (χ0) is 40.3. The van der Waals surface area contributed by atoms with Gasteiger partial charge in [-0.15, -0.1) is 11.6 Å². The third-order valence-corrected chi connectivity index (χ3v) is 9.91. The predicted molar refractivity (Wildman–Crippen MR) is 242 cm³/mol.